The lowest BCUT2D eigenvalue weighted by molar-refractivity contribution is -0.384. The maximum atomic E-state index is 12.6. The quantitative estimate of drug-likeness (QED) is 0.523. The van der Waals surface area contributed by atoms with Crippen LogP contribution in [0.3, 0.4) is 0 Å². The van der Waals surface area contributed by atoms with Crippen molar-refractivity contribution in [3.05, 3.63) is 63.2 Å². The van der Waals surface area contributed by atoms with Gasteiger partial charge in [-0.1, -0.05) is 6.92 Å². The SMILES string of the molecule is CCN1CCc2nc(NC(=O)c3ccc(-n4ccnc4)c([N+](=O)[O-])c3)sc2C1. The lowest BCUT2D eigenvalue weighted by Crippen LogP contribution is -2.29. The second kappa shape index (κ2) is 7.49. The van der Waals surface area contributed by atoms with Gasteiger partial charge < -0.3 is 4.57 Å². The van der Waals surface area contributed by atoms with Gasteiger partial charge in [-0.05, 0) is 18.7 Å². The molecular formula is C18H18N6O3S. The number of imidazole rings is 1. The van der Waals surface area contributed by atoms with E-state index in [-0.39, 0.29) is 11.3 Å². The van der Waals surface area contributed by atoms with E-state index in [1.54, 1.807) is 18.3 Å². The highest BCUT2D eigenvalue weighted by Gasteiger charge is 2.22. The van der Waals surface area contributed by atoms with Crippen molar-refractivity contribution >= 4 is 28.1 Å². The number of carbonyl (C=O) groups is 1. The van der Waals surface area contributed by atoms with E-state index in [4.69, 9.17) is 0 Å². The monoisotopic (exact) mass is 398 g/mol. The summed E-state index contributed by atoms with van der Waals surface area (Å²) in [6, 6.07) is 4.38. The van der Waals surface area contributed by atoms with Crippen LogP contribution < -0.4 is 5.32 Å². The number of fused-ring (bicyclic) bond motifs is 1. The molecule has 1 aromatic carbocycles. The van der Waals surface area contributed by atoms with E-state index in [2.05, 4.69) is 27.1 Å². The van der Waals surface area contributed by atoms with E-state index in [9.17, 15) is 14.9 Å². The molecule has 1 amide bonds. The molecular weight excluding hydrogens is 380 g/mol. The first-order valence-electron chi connectivity index (χ1n) is 8.84. The summed E-state index contributed by atoms with van der Waals surface area (Å²) in [5.41, 5.74) is 1.41. The Kier molecular flexibility index (Phi) is 4.88. The van der Waals surface area contributed by atoms with Gasteiger partial charge in [0.05, 0.1) is 16.9 Å². The van der Waals surface area contributed by atoms with E-state index in [1.807, 2.05) is 0 Å². The molecule has 0 bridgehead atoms. The predicted octanol–water partition coefficient (Wildman–Crippen LogP) is 2.87. The number of hydrogen-bond acceptors (Lipinski definition) is 7. The Morgan fingerprint density at radius 1 is 1.43 bits per heavy atom. The van der Waals surface area contributed by atoms with E-state index < -0.39 is 10.8 Å². The molecule has 144 valence electrons. The fraction of sp³-hybridized carbons (Fsp3) is 0.278. The van der Waals surface area contributed by atoms with Crippen molar-refractivity contribution in [2.24, 2.45) is 0 Å². The molecule has 1 aliphatic heterocycles. The number of amides is 1. The molecule has 0 aliphatic carbocycles. The summed E-state index contributed by atoms with van der Waals surface area (Å²) < 4.78 is 1.54. The Labute approximate surface area is 164 Å². The van der Waals surface area contributed by atoms with Crippen molar-refractivity contribution in [1.29, 1.82) is 0 Å². The third-order valence-corrected chi connectivity index (χ3v) is 5.69. The van der Waals surface area contributed by atoms with Crippen LogP contribution in [0.15, 0.2) is 36.9 Å². The fourth-order valence-electron chi connectivity index (χ4n) is 3.17. The average Bonchev–Trinajstić information content (AvgIpc) is 3.36. The number of nitrogens with one attached hydrogen (secondary N) is 1. The van der Waals surface area contributed by atoms with Crippen molar-refractivity contribution < 1.29 is 9.72 Å². The maximum absolute atomic E-state index is 12.6. The van der Waals surface area contributed by atoms with Gasteiger partial charge in [0, 0.05) is 48.4 Å². The van der Waals surface area contributed by atoms with E-state index in [0.29, 0.717) is 10.8 Å². The molecule has 0 saturated heterocycles. The number of thiazole rings is 1. The smallest absolute Gasteiger partial charge is 0.294 e. The Morgan fingerprint density at radius 3 is 3.00 bits per heavy atom. The van der Waals surface area contributed by atoms with Crippen molar-refractivity contribution in [1.82, 2.24) is 19.4 Å². The lowest BCUT2D eigenvalue weighted by Gasteiger charge is -2.23. The van der Waals surface area contributed by atoms with Crippen LogP contribution >= 0.6 is 11.3 Å². The molecule has 0 saturated carbocycles. The zero-order valence-corrected chi connectivity index (χ0v) is 16.0. The molecule has 0 spiro atoms. The van der Waals surface area contributed by atoms with Gasteiger partial charge in [0.1, 0.15) is 5.69 Å². The van der Waals surface area contributed by atoms with Crippen LogP contribution in [0.2, 0.25) is 0 Å². The number of hydrogen-bond donors (Lipinski definition) is 1. The number of nitrogens with zero attached hydrogens (tertiary/aromatic N) is 5. The van der Waals surface area contributed by atoms with Gasteiger partial charge in [-0.2, -0.15) is 0 Å². The number of benzene rings is 1. The minimum absolute atomic E-state index is 0.164. The molecule has 28 heavy (non-hydrogen) atoms. The second-order valence-electron chi connectivity index (χ2n) is 6.39. The molecule has 0 atom stereocenters. The summed E-state index contributed by atoms with van der Waals surface area (Å²) in [5.74, 6) is -0.418. The third-order valence-electron chi connectivity index (χ3n) is 4.69. The highest BCUT2D eigenvalue weighted by atomic mass is 32.1. The highest BCUT2D eigenvalue weighted by Crippen LogP contribution is 2.29. The Hall–Kier alpha value is -3.11. The van der Waals surface area contributed by atoms with Crippen LogP contribution in [0, 0.1) is 10.1 Å². The van der Waals surface area contributed by atoms with Crippen molar-refractivity contribution in [2.75, 3.05) is 18.4 Å². The first-order chi connectivity index (χ1) is 13.5. The largest absolute Gasteiger partial charge is 0.300 e. The second-order valence-corrected chi connectivity index (χ2v) is 7.48. The molecule has 4 rings (SSSR count). The molecule has 3 heterocycles. The van der Waals surface area contributed by atoms with Crippen molar-refractivity contribution in [3.8, 4) is 5.69 Å². The van der Waals surface area contributed by atoms with Crippen LogP contribution in [0.5, 0.6) is 0 Å². The molecule has 10 heteroatoms. The van der Waals surface area contributed by atoms with Gasteiger partial charge in [0.15, 0.2) is 5.13 Å². The average molecular weight is 398 g/mol. The van der Waals surface area contributed by atoms with E-state index in [1.165, 1.54) is 34.5 Å². The maximum Gasteiger partial charge on any atom is 0.294 e. The molecule has 2 aromatic heterocycles. The number of nitro benzene ring substituents is 1. The zero-order chi connectivity index (χ0) is 19.7. The van der Waals surface area contributed by atoms with Gasteiger partial charge in [-0.15, -0.1) is 11.3 Å². The number of rotatable bonds is 5. The zero-order valence-electron chi connectivity index (χ0n) is 15.2. The van der Waals surface area contributed by atoms with Gasteiger partial charge >= 0.3 is 0 Å². The molecule has 0 fully saturated rings. The number of nitro groups is 1. The summed E-state index contributed by atoms with van der Waals surface area (Å²) in [4.78, 5) is 35.5. The van der Waals surface area contributed by atoms with Crippen molar-refractivity contribution in [3.63, 3.8) is 0 Å². The van der Waals surface area contributed by atoms with Crippen LogP contribution in [0.4, 0.5) is 10.8 Å². The Bertz CT molecular complexity index is 1030. The first-order valence-corrected chi connectivity index (χ1v) is 9.66. The minimum atomic E-state index is -0.506. The van der Waals surface area contributed by atoms with E-state index in [0.717, 1.165) is 36.6 Å². The van der Waals surface area contributed by atoms with Crippen LogP contribution in [-0.4, -0.2) is 43.4 Å². The van der Waals surface area contributed by atoms with Gasteiger partial charge in [-0.3, -0.25) is 25.1 Å². The molecule has 0 radical (unpaired) electrons. The summed E-state index contributed by atoms with van der Waals surface area (Å²) in [5, 5.41) is 14.8. The van der Waals surface area contributed by atoms with Crippen molar-refractivity contribution in [2.45, 2.75) is 19.9 Å². The summed E-state index contributed by atoms with van der Waals surface area (Å²) in [7, 11) is 0. The summed E-state index contributed by atoms with van der Waals surface area (Å²) in [6.07, 6.45) is 5.48. The van der Waals surface area contributed by atoms with Crippen LogP contribution in [-0.2, 0) is 13.0 Å². The van der Waals surface area contributed by atoms with E-state index >= 15 is 0 Å². The Balaban J connectivity index is 1.56. The first kappa shape index (κ1) is 18.3. The predicted molar refractivity (Wildman–Crippen MR) is 105 cm³/mol. The van der Waals surface area contributed by atoms with Crippen LogP contribution in [0.1, 0.15) is 27.9 Å². The molecule has 3 aromatic rings. The van der Waals surface area contributed by atoms with Gasteiger partial charge in [0.2, 0.25) is 0 Å². The number of aromatic nitrogens is 3. The minimum Gasteiger partial charge on any atom is -0.300 e. The normalized spacial score (nSPS) is 13.9. The number of carbonyl (C=O) groups excluding carboxylic acids is 1. The van der Waals surface area contributed by atoms with Crippen LogP contribution in [0.25, 0.3) is 5.69 Å². The highest BCUT2D eigenvalue weighted by molar-refractivity contribution is 7.15. The third kappa shape index (κ3) is 3.51. The Morgan fingerprint density at radius 2 is 2.29 bits per heavy atom. The fourth-order valence-corrected chi connectivity index (χ4v) is 4.22. The van der Waals surface area contributed by atoms with Gasteiger partial charge in [-0.25, -0.2) is 9.97 Å². The van der Waals surface area contributed by atoms with Gasteiger partial charge in [0.25, 0.3) is 11.6 Å². The number of likely N-dealkylation sites (N-methyl/N-ethyl adjacent to an activating group) is 1. The summed E-state index contributed by atoms with van der Waals surface area (Å²) >= 11 is 1.46. The summed E-state index contributed by atoms with van der Waals surface area (Å²) in [6.45, 7) is 4.90. The number of anilines is 1. The molecule has 1 N–H and O–H groups in total. The molecule has 1 aliphatic rings. The molecule has 0 unspecified atom stereocenters. The topological polar surface area (TPSA) is 106 Å². The molecule has 9 nitrogen and oxygen atoms in total. The standard InChI is InChI=1S/C18H18N6O3S/c1-2-22-7-5-13-16(10-22)28-18(20-13)21-17(25)12-3-4-14(15(9-12)24(26)27)23-8-6-19-11-23/h3-4,6,8-9,11H,2,5,7,10H2,1H3,(H,20,21,25). The lowest BCUT2D eigenvalue weighted by atomic mass is 10.1.